The number of hydrogen-bond donors (Lipinski definition) is 2. The Labute approximate surface area is 64.4 Å². The molecule has 11 heavy (non-hydrogen) atoms. The molecule has 0 amide bonds. The number of rotatable bonds is 2. The van der Waals surface area contributed by atoms with Crippen molar-refractivity contribution in [3.8, 4) is 0 Å². The quantitative estimate of drug-likeness (QED) is 0.604. The van der Waals surface area contributed by atoms with Crippen LogP contribution >= 0.6 is 0 Å². The Hall–Kier alpha value is -0.865. The molecule has 0 spiro atoms. The maximum atomic E-state index is 12.7. The van der Waals surface area contributed by atoms with Crippen LogP contribution in [0.25, 0.3) is 0 Å². The summed E-state index contributed by atoms with van der Waals surface area (Å²) in [5.74, 6) is -0.402. The van der Waals surface area contributed by atoms with E-state index in [0.717, 1.165) is 0 Å². The molecule has 0 unspecified atom stereocenters. The molecule has 1 aromatic carbocycles. The van der Waals surface area contributed by atoms with Crippen molar-refractivity contribution in [2.75, 3.05) is 0 Å². The Morgan fingerprint density at radius 2 is 1.91 bits per heavy atom. The van der Waals surface area contributed by atoms with E-state index in [0.29, 0.717) is 5.56 Å². The summed E-state index contributed by atoms with van der Waals surface area (Å²) in [6, 6.07) is 6.02. The van der Waals surface area contributed by atoms with E-state index in [1.165, 1.54) is 12.1 Å². The van der Waals surface area contributed by atoms with Crippen molar-refractivity contribution in [1.29, 1.82) is 0 Å². The zero-order valence-corrected chi connectivity index (χ0v) is 5.87. The van der Waals surface area contributed by atoms with Crippen molar-refractivity contribution in [1.82, 2.24) is 0 Å². The minimum Gasteiger partial charge on any atom is -0.427 e. The van der Waals surface area contributed by atoms with Gasteiger partial charge in [0.05, 0.1) is 0 Å². The fraction of sp³-hybridized carbons (Fsp3) is 0.143. The van der Waals surface area contributed by atoms with Crippen LogP contribution in [0.4, 0.5) is 4.39 Å². The van der Waals surface area contributed by atoms with Crippen molar-refractivity contribution >= 4 is 7.12 Å². The molecule has 0 radical (unpaired) electrons. The largest absolute Gasteiger partial charge is 0.456 e. The smallest absolute Gasteiger partial charge is 0.427 e. The van der Waals surface area contributed by atoms with Gasteiger partial charge in [0.25, 0.3) is 0 Å². The van der Waals surface area contributed by atoms with Gasteiger partial charge in [-0.05, 0) is 11.6 Å². The van der Waals surface area contributed by atoms with E-state index in [4.69, 9.17) is 10.0 Å². The molecule has 0 aliphatic heterocycles. The lowest BCUT2D eigenvalue weighted by Crippen LogP contribution is -2.15. The van der Waals surface area contributed by atoms with Gasteiger partial charge in [-0.3, -0.25) is 0 Å². The van der Waals surface area contributed by atoms with Gasteiger partial charge in [-0.15, -0.1) is 0 Å². The van der Waals surface area contributed by atoms with Crippen LogP contribution in [0, 0.1) is 5.82 Å². The minimum absolute atomic E-state index is 0.0628. The Bertz CT molecular complexity index is 240. The molecule has 4 heteroatoms. The average molecular weight is 154 g/mol. The standard InChI is InChI=1S/C7H8BFO2/c9-7-4-2-1-3-6(7)5-8(10)11/h1-4,10-11H,5H2. The lowest BCUT2D eigenvalue weighted by Gasteiger charge is -1.99. The second-order valence-electron chi connectivity index (χ2n) is 2.28. The third-order valence-corrected chi connectivity index (χ3v) is 1.36. The molecule has 2 N–H and O–H groups in total. The van der Waals surface area contributed by atoms with Crippen LogP contribution in [-0.4, -0.2) is 17.2 Å². The molecule has 0 fully saturated rings. The number of hydrogen-bond acceptors (Lipinski definition) is 2. The highest BCUT2D eigenvalue weighted by atomic mass is 19.1. The Morgan fingerprint density at radius 1 is 1.27 bits per heavy atom. The van der Waals surface area contributed by atoms with Crippen molar-refractivity contribution in [2.45, 2.75) is 6.32 Å². The van der Waals surface area contributed by atoms with E-state index < -0.39 is 12.9 Å². The lowest BCUT2D eigenvalue weighted by molar-refractivity contribution is 0.403. The Morgan fingerprint density at radius 3 is 2.45 bits per heavy atom. The van der Waals surface area contributed by atoms with Crippen LogP contribution in [0.3, 0.4) is 0 Å². The molecule has 0 aliphatic carbocycles. The molecule has 0 aliphatic rings. The van der Waals surface area contributed by atoms with Crippen LogP contribution < -0.4 is 0 Å². The third-order valence-electron chi connectivity index (χ3n) is 1.36. The SMILES string of the molecule is OB(O)Cc1ccccc1F. The zero-order chi connectivity index (χ0) is 8.27. The first kappa shape index (κ1) is 8.23. The molecule has 1 aromatic rings. The van der Waals surface area contributed by atoms with E-state index in [-0.39, 0.29) is 6.32 Å². The van der Waals surface area contributed by atoms with Crippen LogP contribution in [0.15, 0.2) is 24.3 Å². The highest BCUT2D eigenvalue weighted by molar-refractivity contribution is 6.40. The second kappa shape index (κ2) is 3.50. The maximum absolute atomic E-state index is 12.7. The molecule has 0 atom stereocenters. The van der Waals surface area contributed by atoms with Crippen molar-refractivity contribution in [3.05, 3.63) is 35.6 Å². The summed E-state index contributed by atoms with van der Waals surface area (Å²) in [5, 5.41) is 17.0. The Kier molecular flexibility index (Phi) is 2.62. The van der Waals surface area contributed by atoms with Crippen molar-refractivity contribution < 1.29 is 14.4 Å². The normalized spacial score (nSPS) is 9.73. The molecule has 0 bridgehead atoms. The summed E-state index contributed by atoms with van der Waals surface area (Å²) in [4.78, 5) is 0. The fourth-order valence-corrected chi connectivity index (χ4v) is 0.861. The van der Waals surface area contributed by atoms with Crippen molar-refractivity contribution in [2.24, 2.45) is 0 Å². The first-order chi connectivity index (χ1) is 5.20. The minimum atomic E-state index is -1.48. The van der Waals surface area contributed by atoms with Gasteiger partial charge >= 0.3 is 7.12 Å². The van der Waals surface area contributed by atoms with Gasteiger partial charge < -0.3 is 10.0 Å². The van der Waals surface area contributed by atoms with Gasteiger partial charge in [-0.1, -0.05) is 18.2 Å². The fourth-order valence-electron chi connectivity index (χ4n) is 0.861. The van der Waals surface area contributed by atoms with E-state index in [2.05, 4.69) is 0 Å². The summed E-state index contributed by atoms with van der Waals surface area (Å²) < 4.78 is 12.7. The Balaban J connectivity index is 2.78. The predicted molar refractivity (Wildman–Crippen MR) is 40.3 cm³/mol. The third kappa shape index (κ3) is 2.33. The van der Waals surface area contributed by atoms with Crippen LogP contribution in [0.2, 0.25) is 0 Å². The predicted octanol–water partition coefficient (Wildman–Crippen LogP) is 0.380. The average Bonchev–Trinajstić information content (AvgIpc) is 1.93. The molecule has 1 rings (SSSR count). The molecule has 2 nitrogen and oxygen atoms in total. The summed E-state index contributed by atoms with van der Waals surface area (Å²) in [6.07, 6.45) is -0.0628. The van der Waals surface area contributed by atoms with Gasteiger partial charge in [-0.2, -0.15) is 0 Å². The molecule has 0 saturated carbocycles. The van der Waals surface area contributed by atoms with Crippen LogP contribution in [-0.2, 0) is 6.32 Å². The maximum Gasteiger partial charge on any atom is 0.456 e. The summed E-state index contributed by atoms with van der Waals surface area (Å²) in [5.41, 5.74) is 0.322. The highest BCUT2D eigenvalue weighted by Crippen LogP contribution is 2.06. The topological polar surface area (TPSA) is 40.5 Å². The zero-order valence-electron chi connectivity index (χ0n) is 5.87. The summed E-state index contributed by atoms with van der Waals surface area (Å²) in [6.45, 7) is 0. The van der Waals surface area contributed by atoms with Crippen LogP contribution in [0.5, 0.6) is 0 Å². The highest BCUT2D eigenvalue weighted by Gasteiger charge is 2.10. The molecule has 58 valence electrons. The lowest BCUT2D eigenvalue weighted by atomic mass is 9.82. The molecule has 0 heterocycles. The number of halogens is 1. The second-order valence-corrected chi connectivity index (χ2v) is 2.28. The monoisotopic (exact) mass is 154 g/mol. The van der Waals surface area contributed by atoms with E-state index in [1.54, 1.807) is 12.1 Å². The summed E-state index contributed by atoms with van der Waals surface area (Å²) in [7, 11) is -1.48. The van der Waals surface area contributed by atoms with Crippen molar-refractivity contribution in [3.63, 3.8) is 0 Å². The van der Waals surface area contributed by atoms with Crippen LogP contribution in [0.1, 0.15) is 5.56 Å². The summed E-state index contributed by atoms with van der Waals surface area (Å²) >= 11 is 0. The van der Waals surface area contributed by atoms with E-state index in [1.807, 2.05) is 0 Å². The first-order valence-corrected chi connectivity index (χ1v) is 3.29. The van der Waals surface area contributed by atoms with E-state index in [9.17, 15) is 4.39 Å². The number of benzene rings is 1. The van der Waals surface area contributed by atoms with Gasteiger partial charge in [-0.25, -0.2) is 4.39 Å². The van der Waals surface area contributed by atoms with E-state index >= 15 is 0 Å². The van der Waals surface area contributed by atoms with Gasteiger partial charge in [0, 0.05) is 6.32 Å². The molecular weight excluding hydrogens is 146 g/mol. The van der Waals surface area contributed by atoms with Gasteiger partial charge in [0.15, 0.2) is 0 Å². The van der Waals surface area contributed by atoms with Gasteiger partial charge in [0.2, 0.25) is 0 Å². The first-order valence-electron chi connectivity index (χ1n) is 3.29. The molecule has 0 aromatic heterocycles. The molecular formula is C7H8BFO2. The molecule has 0 saturated heterocycles. The van der Waals surface area contributed by atoms with Gasteiger partial charge in [0.1, 0.15) is 5.82 Å².